The Balaban J connectivity index is 2.24. The van der Waals surface area contributed by atoms with Gasteiger partial charge in [-0.1, -0.05) is 38.1 Å². The maximum absolute atomic E-state index is 12.4. The molecule has 2 aromatic rings. The van der Waals surface area contributed by atoms with Crippen LogP contribution >= 0.6 is 0 Å². The minimum absolute atomic E-state index is 0.102. The predicted octanol–water partition coefficient (Wildman–Crippen LogP) is 4.19. The first-order valence-electron chi connectivity index (χ1n) is 9.60. The Labute approximate surface area is 168 Å². The molecule has 1 N–H and O–H groups in total. The fourth-order valence-electron chi connectivity index (χ4n) is 3.06. The SMILES string of the molecule is CCC(CC)NC(=O)c1ccc(CN(c2cc(C)ccc2C)S(C)(=O)=O)cc1. The minimum Gasteiger partial charge on any atom is -0.349 e. The number of nitrogens with one attached hydrogen (secondary N) is 1. The van der Waals surface area contributed by atoms with Gasteiger partial charge in [-0.15, -0.1) is 0 Å². The highest BCUT2D eigenvalue weighted by Crippen LogP contribution is 2.26. The molecule has 0 fully saturated rings. The zero-order valence-electron chi connectivity index (χ0n) is 17.3. The average molecular weight is 403 g/mol. The Kier molecular flexibility index (Phi) is 7.24. The number of hydrogen-bond acceptors (Lipinski definition) is 3. The maximum atomic E-state index is 12.4. The van der Waals surface area contributed by atoms with Gasteiger partial charge in [0.25, 0.3) is 5.91 Å². The molecule has 2 rings (SSSR count). The van der Waals surface area contributed by atoms with Crippen molar-refractivity contribution in [3.63, 3.8) is 0 Å². The highest BCUT2D eigenvalue weighted by atomic mass is 32.2. The lowest BCUT2D eigenvalue weighted by Crippen LogP contribution is -2.33. The van der Waals surface area contributed by atoms with Crippen LogP contribution in [0.25, 0.3) is 0 Å². The Morgan fingerprint density at radius 3 is 2.18 bits per heavy atom. The van der Waals surface area contributed by atoms with E-state index in [9.17, 15) is 13.2 Å². The van der Waals surface area contributed by atoms with Crippen molar-refractivity contribution in [2.45, 2.75) is 53.1 Å². The summed E-state index contributed by atoms with van der Waals surface area (Å²) < 4.78 is 26.3. The van der Waals surface area contributed by atoms with Crippen molar-refractivity contribution in [1.82, 2.24) is 5.32 Å². The fourth-order valence-corrected chi connectivity index (χ4v) is 4.00. The zero-order chi connectivity index (χ0) is 20.9. The first-order valence-corrected chi connectivity index (χ1v) is 11.4. The molecule has 0 aliphatic heterocycles. The van der Waals surface area contributed by atoms with Crippen molar-refractivity contribution in [3.05, 3.63) is 64.7 Å². The van der Waals surface area contributed by atoms with Crippen molar-refractivity contribution in [1.29, 1.82) is 0 Å². The molecule has 1 amide bonds. The molecule has 152 valence electrons. The number of benzene rings is 2. The molecule has 6 heteroatoms. The van der Waals surface area contributed by atoms with E-state index in [1.807, 2.05) is 58.0 Å². The monoisotopic (exact) mass is 402 g/mol. The van der Waals surface area contributed by atoms with E-state index >= 15 is 0 Å². The Morgan fingerprint density at radius 2 is 1.64 bits per heavy atom. The van der Waals surface area contributed by atoms with Gasteiger partial charge in [0.15, 0.2) is 0 Å². The van der Waals surface area contributed by atoms with Crippen molar-refractivity contribution >= 4 is 21.6 Å². The summed E-state index contributed by atoms with van der Waals surface area (Å²) in [5, 5.41) is 3.01. The van der Waals surface area contributed by atoms with Gasteiger partial charge in [-0.25, -0.2) is 8.42 Å². The summed E-state index contributed by atoms with van der Waals surface area (Å²) in [6.07, 6.45) is 2.99. The van der Waals surface area contributed by atoms with Gasteiger partial charge in [0.1, 0.15) is 0 Å². The summed E-state index contributed by atoms with van der Waals surface area (Å²) in [5.41, 5.74) is 3.98. The van der Waals surface area contributed by atoms with E-state index in [-0.39, 0.29) is 18.5 Å². The fraction of sp³-hybridized carbons (Fsp3) is 0.409. The van der Waals surface area contributed by atoms with Gasteiger partial charge < -0.3 is 5.32 Å². The third-order valence-corrected chi connectivity index (χ3v) is 6.02. The summed E-state index contributed by atoms with van der Waals surface area (Å²) in [5.74, 6) is -0.102. The minimum atomic E-state index is -3.45. The number of anilines is 1. The standard InChI is InChI=1S/C22H30N2O3S/c1-6-20(7-2)23-22(25)19-12-10-18(11-13-19)15-24(28(5,26)27)21-14-16(3)8-9-17(21)4/h8-14,20H,6-7,15H2,1-5H3,(H,23,25). The van der Waals surface area contributed by atoms with Crippen LogP contribution in [0.15, 0.2) is 42.5 Å². The van der Waals surface area contributed by atoms with Crippen LogP contribution in [-0.2, 0) is 16.6 Å². The predicted molar refractivity (Wildman–Crippen MR) is 115 cm³/mol. The first-order chi connectivity index (χ1) is 13.2. The third-order valence-electron chi connectivity index (χ3n) is 4.90. The number of carbonyl (C=O) groups excluding carboxylic acids is 1. The molecule has 0 aliphatic rings. The number of carbonyl (C=O) groups is 1. The van der Waals surface area contributed by atoms with E-state index in [1.54, 1.807) is 12.1 Å². The highest BCUT2D eigenvalue weighted by Gasteiger charge is 2.20. The smallest absolute Gasteiger partial charge is 0.251 e. The lowest BCUT2D eigenvalue weighted by atomic mass is 10.1. The quantitative estimate of drug-likeness (QED) is 0.720. The van der Waals surface area contributed by atoms with Crippen LogP contribution < -0.4 is 9.62 Å². The van der Waals surface area contributed by atoms with Crippen LogP contribution in [0, 0.1) is 13.8 Å². The second-order valence-electron chi connectivity index (χ2n) is 7.24. The number of sulfonamides is 1. The highest BCUT2D eigenvalue weighted by molar-refractivity contribution is 7.92. The molecule has 2 aromatic carbocycles. The first kappa shape index (κ1) is 22.0. The maximum Gasteiger partial charge on any atom is 0.251 e. The Hall–Kier alpha value is -2.34. The van der Waals surface area contributed by atoms with Gasteiger partial charge >= 0.3 is 0 Å². The molecule has 0 saturated carbocycles. The topological polar surface area (TPSA) is 66.5 Å². The van der Waals surface area contributed by atoms with Crippen LogP contribution in [-0.4, -0.2) is 26.6 Å². The van der Waals surface area contributed by atoms with Crippen molar-refractivity contribution in [2.75, 3.05) is 10.6 Å². The van der Waals surface area contributed by atoms with Gasteiger partial charge in [0, 0.05) is 11.6 Å². The Bertz CT molecular complexity index is 917. The summed E-state index contributed by atoms with van der Waals surface area (Å²) in [4.78, 5) is 12.4. The van der Waals surface area contributed by atoms with Gasteiger partial charge in [0.2, 0.25) is 10.0 Å². The van der Waals surface area contributed by atoms with Crippen LogP contribution in [0.4, 0.5) is 5.69 Å². The lowest BCUT2D eigenvalue weighted by Gasteiger charge is -2.25. The van der Waals surface area contributed by atoms with Crippen LogP contribution in [0.5, 0.6) is 0 Å². The van der Waals surface area contributed by atoms with Gasteiger partial charge in [-0.05, 0) is 61.6 Å². The van der Waals surface area contributed by atoms with Gasteiger partial charge in [-0.3, -0.25) is 9.10 Å². The summed E-state index contributed by atoms with van der Waals surface area (Å²) in [6.45, 7) is 8.15. The van der Waals surface area contributed by atoms with Crippen LogP contribution in [0.2, 0.25) is 0 Å². The molecular formula is C22H30N2O3S. The molecular weight excluding hydrogens is 372 g/mol. The largest absolute Gasteiger partial charge is 0.349 e. The molecule has 0 bridgehead atoms. The molecule has 28 heavy (non-hydrogen) atoms. The van der Waals surface area contributed by atoms with Crippen molar-refractivity contribution in [2.24, 2.45) is 0 Å². The normalized spacial score (nSPS) is 11.5. The molecule has 0 atom stereocenters. The molecule has 0 unspecified atom stereocenters. The average Bonchev–Trinajstić information content (AvgIpc) is 2.65. The van der Waals surface area contributed by atoms with Crippen molar-refractivity contribution in [3.8, 4) is 0 Å². The van der Waals surface area contributed by atoms with Crippen molar-refractivity contribution < 1.29 is 13.2 Å². The van der Waals surface area contributed by atoms with E-state index in [2.05, 4.69) is 5.32 Å². The van der Waals surface area contributed by atoms with E-state index < -0.39 is 10.0 Å². The van der Waals surface area contributed by atoms with Gasteiger partial charge in [0.05, 0.1) is 18.5 Å². The zero-order valence-corrected chi connectivity index (χ0v) is 18.1. The molecule has 0 radical (unpaired) electrons. The number of amides is 1. The Morgan fingerprint density at radius 1 is 1.04 bits per heavy atom. The summed E-state index contributed by atoms with van der Waals surface area (Å²) in [6, 6.07) is 13.1. The molecule has 0 heterocycles. The molecule has 0 aromatic heterocycles. The number of rotatable bonds is 8. The van der Waals surface area contributed by atoms with E-state index in [0.717, 1.165) is 29.5 Å². The molecule has 5 nitrogen and oxygen atoms in total. The molecule has 0 saturated heterocycles. The van der Waals surface area contributed by atoms with Crippen LogP contribution in [0.1, 0.15) is 53.7 Å². The molecule has 0 spiro atoms. The lowest BCUT2D eigenvalue weighted by molar-refractivity contribution is 0.0935. The number of aryl methyl sites for hydroxylation is 2. The second kappa shape index (κ2) is 9.24. The van der Waals surface area contributed by atoms with E-state index in [0.29, 0.717) is 11.3 Å². The summed E-state index contributed by atoms with van der Waals surface area (Å²) in [7, 11) is -3.45. The van der Waals surface area contributed by atoms with E-state index in [1.165, 1.54) is 10.6 Å². The third kappa shape index (κ3) is 5.58. The second-order valence-corrected chi connectivity index (χ2v) is 9.15. The van der Waals surface area contributed by atoms with E-state index in [4.69, 9.17) is 0 Å². The van der Waals surface area contributed by atoms with Crippen LogP contribution in [0.3, 0.4) is 0 Å². The number of nitrogens with zero attached hydrogens (tertiary/aromatic N) is 1. The molecule has 0 aliphatic carbocycles. The number of hydrogen-bond donors (Lipinski definition) is 1. The van der Waals surface area contributed by atoms with Gasteiger partial charge in [-0.2, -0.15) is 0 Å². The summed E-state index contributed by atoms with van der Waals surface area (Å²) >= 11 is 0.